The molecule has 3 N–H and O–H groups in total. The molecule has 0 spiro atoms. The number of halogens is 2. The summed E-state index contributed by atoms with van der Waals surface area (Å²) in [6, 6.07) is 5.66. The van der Waals surface area contributed by atoms with E-state index in [2.05, 4.69) is 35.5 Å². The van der Waals surface area contributed by atoms with Gasteiger partial charge in [-0.3, -0.25) is 5.10 Å². The topological polar surface area (TPSA) is 108 Å². The molecule has 1 aromatic carbocycles. The molecule has 1 aliphatic heterocycles. The number of imidazole rings is 1. The molecule has 0 unspecified atom stereocenters. The number of anilines is 3. The highest BCUT2D eigenvalue weighted by atomic mass is 35.5. The Kier molecular flexibility index (Phi) is 4.72. The predicted molar refractivity (Wildman–Crippen MR) is 111 cm³/mol. The van der Waals surface area contributed by atoms with Crippen LogP contribution >= 0.6 is 11.6 Å². The number of benzene rings is 1. The molecule has 0 aliphatic carbocycles. The van der Waals surface area contributed by atoms with Gasteiger partial charge in [-0.1, -0.05) is 17.7 Å². The summed E-state index contributed by atoms with van der Waals surface area (Å²) in [5.41, 5.74) is 3.37. The maximum Gasteiger partial charge on any atom is 0.227 e. The predicted octanol–water partition coefficient (Wildman–Crippen LogP) is 3.36. The Morgan fingerprint density at radius 2 is 2.20 bits per heavy atom. The average molecular weight is 429 g/mol. The van der Waals surface area contributed by atoms with E-state index in [9.17, 15) is 4.39 Å². The number of aromatic amines is 2. The molecule has 0 atom stereocenters. The largest absolute Gasteiger partial charge is 0.380 e. The maximum absolute atomic E-state index is 14.3. The van der Waals surface area contributed by atoms with Crippen LogP contribution in [-0.4, -0.2) is 50.4 Å². The molecule has 1 aliphatic rings. The summed E-state index contributed by atoms with van der Waals surface area (Å²) in [7, 11) is 1.81. The molecular weight excluding hydrogens is 411 g/mol. The van der Waals surface area contributed by atoms with Crippen molar-refractivity contribution in [2.75, 3.05) is 30.5 Å². The molecule has 0 saturated carbocycles. The number of ether oxygens (including phenoxy) is 1. The van der Waals surface area contributed by atoms with Gasteiger partial charge in [-0.05, 0) is 11.6 Å². The smallest absolute Gasteiger partial charge is 0.227 e. The van der Waals surface area contributed by atoms with Gasteiger partial charge >= 0.3 is 0 Å². The van der Waals surface area contributed by atoms with Gasteiger partial charge in [-0.15, -0.1) is 0 Å². The van der Waals surface area contributed by atoms with E-state index in [1.807, 2.05) is 25.2 Å². The quantitative estimate of drug-likeness (QED) is 0.432. The summed E-state index contributed by atoms with van der Waals surface area (Å²) in [5, 5.41) is 10.6. The van der Waals surface area contributed by atoms with Crippen molar-refractivity contribution < 1.29 is 9.13 Å². The van der Waals surface area contributed by atoms with Crippen molar-refractivity contribution in [2.24, 2.45) is 0 Å². The standard InChI is InChI=1S/C19H18ClFN8O/c1-29(6-10-2-3-13-17(16(10)20)24-9-23-13)19-22-5-12(21)18(26-19)25-15-4-14(27-28-15)11-7-30-8-11/h2-5,9,11H,6-8H2,1H3,(H,23,24)(H2,22,25,26,27,28). The highest BCUT2D eigenvalue weighted by Crippen LogP contribution is 2.28. The van der Waals surface area contributed by atoms with E-state index in [1.165, 1.54) is 0 Å². The molecule has 4 heterocycles. The van der Waals surface area contributed by atoms with Crippen LogP contribution in [0.4, 0.5) is 22.0 Å². The molecule has 3 aromatic heterocycles. The summed E-state index contributed by atoms with van der Waals surface area (Å²) in [6.07, 6.45) is 2.73. The third kappa shape index (κ3) is 3.44. The summed E-state index contributed by atoms with van der Waals surface area (Å²) in [6.45, 7) is 1.75. The average Bonchev–Trinajstić information content (AvgIpc) is 3.34. The Balaban J connectivity index is 1.35. The van der Waals surface area contributed by atoms with Crippen LogP contribution in [0.5, 0.6) is 0 Å². The van der Waals surface area contributed by atoms with Crippen molar-refractivity contribution >= 4 is 40.2 Å². The molecule has 9 nitrogen and oxygen atoms in total. The third-order valence-corrected chi connectivity index (χ3v) is 5.43. The second kappa shape index (κ2) is 7.54. The number of aromatic nitrogens is 6. The summed E-state index contributed by atoms with van der Waals surface area (Å²) >= 11 is 6.48. The molecule has 1 saturated heterocycles. The molecule has 0 bridgehead atoms. The zero-order valence-corrected chi connectivity index (χ0v) is 16.7. The molecule has 11 heteroatoms. The second-order valence-electron chi connectivity index (χ2n) is 7.13. The minimum Gasteiger partial charge on any atom is -0.380 e. The second-order valence-corrected chi connectivity index (χ2v) is 7.51. The first-order valence-corrected chi connectivity index (χ1v) is 9.70. The number of hydrogen-bond acceptors (Lipinski definition) is 7. The molecule has 0 radical (unpaired) electrons. The molecule has 5 rings (SSSR count). The van der Waals surface area contributed by atoms with Crippen molar-refractivity contribution in [3.05, 3.63) is 52.8 Å². The molecular formula is C19H18ClFN8O. The summed E-state index contributed by atoms with van der Waals surface area (Å²) in [4.78, 5) is 17.5. The van der Waals surface area contributed by atoms with Crippen LogP contribution in [0.15, 0.2) is 30.7 Å². The van der Waals surface area contributed by atoms with E-state index in [-0.39, 0.29) is 5.82 Å². The summed E-state index contributed by atoms with van der Waals surface area (Å²) in [5.74, 6) is 0.597. The van der Waals surface area contributed by atoms with Crippen molar-refractivity contribution in [3.8, 4) is 0 Å². The van der Waals surface area contributed by atoms with Gasteiger partial charge in [-0.2, -0.15) is 10.1 Å². The van der Waals surface area contributed by atoms with Gasteiger partial charge in [0.25, 0.3) is 0 Å². The van der Waals surface area contributed by atoms with E-state index in [0.29, 0.717) is 48.0 Å². The van der Waals surface area contributed by atoms with E-state index in [4.69, 9.17) is 16.3 Å². The first-order chi connectivity index (χ1) is 14.6. The SMILES string of the molecule is CN(Cc1ccc2[nH]cnc2c1Cl)c1ncc(F)c(Nc2cc(C3COC3)[nH]n2)n1. The molecule has 30 heavy (non-hydrogen) atoms. The van der Waals surface area contributed by atoms with Gasteiger partial charge in [0.15, 0.2) is 17.5 Å². The van der Waals surface area contributed by atoms with E-state index in [0.717, 1.165) is 23.0 Å². The molecule has 1 fully saturated rings. The van der Waals surface area contributed by atoms with Crippen LogP contribution in [-0.2, 0) is 11.3 Å². The fraction of sp³-hybridized carbons (Fsp3) is 0.263. The normalized spacial score (nSPS) is 14.1. The third-order valence-electron chi connectivity index (χ3n) is 5.01. The highest BCUT2D eigenvalue weighted by Gasteiger charge is 2.23. The minimum absolute atomic E-state index is 0.0450. The van der Waals surface area contributed by atoms with Gasteiger partial charge in [0.1, 0.15) is 5.52 Å². The summed E-state index contributed by atoms with van der Waals surface area (Å²) < 4.78 is 19.5. The van der Waals surface area contributed by atoms with Gasteiger partial charge < -0.3 is 19.9 Å². The molecule has 0 amide bonds. The zero-order chi connectivity index (χ0) is 20.7. The number of rotatable bonds is 6. The minimum atomic E-state index is -0.570. The van der Waals surface area contributed by atoms with Gasteiger partial charge in [-0.25, -0.2) is 14.4 Å². The lowest BCUT2D eigenvalue weighted by Crippen LogP contribution is -2.25. The zero-order valence-electron chi connectivity index (χ0n) is 16.0. The Bertz CT molecular complexity index is 1200. The van der Waals surface area contributed by atoms with Gasteiger partial charge in [0, 0.05) is 31.3 Å². The van der Waals surface area contributed by atoms with Crippen molar-refractivity contribution in [1.82, 2.24) is 30.1 Å². The van der Waals surface area contributed by atoms with E-state index < -0.39 is 5.82 Å². The van der Waals surface area contributed by atoms with Crippen LogP contribution in [0.2, 0.25) is 5.02 Å². The fourth-order valence-electron chi connectivity index (χ4n) is 3.24. The number of nitrogens with zero attached hydrogens (tertiary/aromatic N) is 5. The lowest BCUT2D eigenvalue weighted by atomic mass is 10.0. The maximum atomic E-state index is 14.3. The first-order valence-electron chi connectivity index (χ1n) is 9.32. The van der Waals surface area contributed by atoms with Crippen LogP contribution in [0.3, 0.4) is 0 Å². The monoisotopic (exact) mass is 428 g/mol. The molecule has 154 valence electrons. The number of fused-ring (bicyclic) bond motifs is 1. The van der Waals surface area contributed by atoms with Crippen molar-refractivity contribution in [2.45, 2.75) is 12.5 Å². The van der Waals surface area contributed by atoms with Crippen LogP contribution in [0.25, 0.3) is 11.0 Å². The van der Waals surface area contributed by atoms with E-state index >= 15 is 0 Å². The fourth-order valence-corrected chi connectivity index (χ4v) is 3.51. The van der Waals surface area contributed by atoms with Crippen LogP contribution < -0.4 is 10.2 Å². The Morgan fingerprint density at radius 1 is 1.33 bits per heavy atom. The highest BCUT2D eigenvalue weighted by molar-refractivity contribution is 6.35. The van der Waals surface area contributed by atoms with Gasteiger partial charge in [0.05, 0.1) is 36.3 Å². The molecule has 4 aromatic rings. The lowest BCUT2D eigenvalue weighted by molar-refractivity contribution is 0.00670. The van der Waals surface area contributed by atoms with E-state index in [1.54, 1.807) is 11.2 Å². The Hall–Kier alpha value is -3.24. The van der Waals surface area contributed by atoms with Gasteiger partial charge in [0.2, 0.25) is 5.95 Å². The number of H-pyrrole nitrogens is 2. The van der Waals surface area contributed by atoms with Crippen molar-refractivity contribution in [3.63, 3.8) is 0 Å². The first kappa shape index (κ1) is 18.8. The number of nitrogens with one attached hydrogen (secondary N) is 3. The Morgan fingerprint density at radius 3 is 3.00 bits per heavy atom. The van der Waals surface area contributed by atoms with Crippen LogP contribution in [0.1, 0.15) is 17.2 Å². The van der Waals surface area contributed by atoms with Crippen LogP contribution in [0, 0.1) is 5.82 Å². The van der Waals surface area contributed by atoms with Crippen molar-refractivity contribution in [1.29, 1.82) is 0 Å². The lowest BCUT2D eigenvalue weighted by Gasteiger charge is -2.24. The Labute approximate surface area is 175 Å². The number of hydrogen-bond donors (Lipinski definition) is 3.